The number of fused-ring (bicyclic) bond motifs is 2. The van der Waals surface area contributed by atoms with Gasteiger partial charge in [-0.2, -0.15) is 5.26 Å². The van der Waals surface area contributed by atoms with Crippen molar-refractivity contribution in [2.75, 3.05) is 19.6 Å². The van der Waals surface area contributed by atoms with Crippen LogP contribution in [0.1, 0.15) is 48.1 Å². The van der Waals surface area contributed by atoms with Crippen LogP contribution >= 0.6 is 0 Å². The van der Waals surface area contributed by atoms with Crippen molar-refractivity contribution in [3.8, 4) is 6.07 Å². The number of carboxylic acids is 1. The molecule has 31 heavy (non-hydrogen) atoms. The summed E-state index contributed by atoms with van der Waals surface area (Å²) in [5.41, 5.74) is 7.17. The third-order valence-corrected chi connectivity index (χ3v) is 6.78. The number of carbonyl (C=O) groups excluding carboxylic acids is 2. The van der Waals surface area contributed by atoms with Crippen LogP contribution in [-0.4, -0.2) is 81.4 Å². The Hall–Kier alpha value is -2.96. The molecule has 3 aliphatic rings. The van der Waals surface area contributed by atoms with Crippen LogP contribution in [-0.2, 0) is 9.59 Å². The van der Waals surface area contributed by atoms with Crippen molar-refractivity contribution in [1.29, 1.82) is 5.26 Å². The number of carbonyl (C=O) groups is 3. The average Bonchev–Trinajstić information content (AvgIpc) is 3.47. The van der Waals surface area contributed by atoms with Crippen molar-refractivity contribution in [3.63, 3.8) is 0 Å². The summed E-state index contributed by atoms with van der Waals surface area (Å²) >= 11 is 0. The first kappa shape index (κ1) is 21.3. The van der Waals surface area contributed by atoms with E-state index >= 15 is 0 Å². The summed E-state index contributed by atoms with van der Waals surface area (Å²) in [7, 11) is 0. The Kier molecular flexibility index (Phi) is 5.69. The number of hydrogen-bond acceptors (Lipinski definition) is 6. The fourth-order valence-corrected chi connectivity index (χ4v) is 5.20. The molecule has 5 atom stereocenters. The smallest absolute Gasteiger partial charge is 0.335 e. The van der Waals surface area contributed by atoms with Gasteiger partial charge < -0.3 is 20.6 Å². The first-order valence-corrected chi connectivity index (χ1v) is 10.7. The van der Waals surface area contributed by atoms with Crippen LogP contribution in [0.4, 0.5) is 0 Å². The van der Waals surface area contributed by atoms with E-state index in [-0.39, 0.29) is 42.0 Å². The molecule has 3 saturated heterocycles. The van der Waals surface area contributed by atoms with Gasteiger partial charge in [-0.25, -0.2) is 4.79 Å². The Morgan fingerprint density at radius 1 is 1.39 bits per heavy atom. The minimum absolute atomic E-state index is 0.00179. The molecule has 0 aromatic heterocycles. The average molecular weight is 425 g/mol. The van der Waals surface area contributed by atoms with Crippen molar-refractivity contribution in [1.82, 2.24) is 14.7 Å². The predicted octanol–water partition coefficient (Wildman–Crippen LogP) is 0.573. The van der Waals surface area contributed by atoms with E-state index < -0.39 is 18.1 Å². The summed E-state index contributed by atoms with van der Waals surface area (Å²) < 4.78 is 0. The number of aromatic carboxylic acids is 1. The molecule has 3 heterocycles. The highest BCUT2D eigenvalue weighted by Crippen LogP contribution is 2.38. The zero-order valence-electron chi connectivity index (χ0n) is 17.5. The number of nitriles is 1. The fraction of sp³-hybridized carbons (Fsp3) is 0.545. The number of nitrogens with zero attached hydrogens (tertiary/aromatic N) is 4. The topological polar surface area (TPSA) is 131 Å². The third kappa shape index (κ3) is 3.77. The lowest BCUT2D eigenvalue weighted by molar-refractivity contribution is -0.140. The van der Waals surface area contributed by atoms with Gasteiger partial charge in [-0.1, -0.05) is 12.1 Å². The van der Waals surface area contributed by atoms with Gasteiger partial charge in [0.2, 0.25) is 11.8 Å². The van der Waals surface area contributed by atoms with E-state index in [0.717, 1.165) is 12.0 Å². The standard InChI is InChI=1S/C22H27N5O4/c1-13(14-4-2-5-15(8-14)22(30)31)27-17-9-19(21(27)29)25(11-17)12-18(24)20(28)26-7-3-6-16(26)10-23/h2,4-5,8,13,16-19H,3,6-7,9,11-12,24H2,1H3,(H,30,31)/t13-,16-,17?,18-,19+/m0/s1. The molecule has 3 fully saturated rings. The largest absolute Gasteiger partial charge is 0.478 e. The Balaban J connectivity index is 1.41. The minimum atomic E-state index is -0.996. The highest BCUT2D eigenvalue weighted by atomic mass is 16.4. The molecular formula is C22H27N5O4. The number of amides is 2. The van der Waals surface area contributed by atoms with E-state index in [1.54, 1.807) is 17.0 Å². The molecule has 0 saturated carbocycles. The quantitative estimate of drug-likeness (QED) is 0.681. The van der Waals surface area contributed by atoms with Crippen LogP contribution in [0.25, 0.3) is 0 Å². The second kappa shape index (κ2) is 8.29. The van der Waals surface area contributed by atoms with Gasteiger partial charge in [0, 0.05) is 25.7 Å². The highest BCUT2D eigenvalue weighted by Gasteiger charge is 2.51. The molecule has 1 unspecified atom stereocenters. The lowest BCUT2D eigenvalue weighted by Gasteiger charge is -2.38. The Bertz CT molecular complexity index is 944. The number of nitrogens with two attached hydrogens (primary N) is 1. The van der Waals surface area contributed by atoms with Crippen LogP contribution in [0, 0.1) is 11.3 Å². The maximum Gasteiger partial charge on any atom is 0.335 e. The van der Waals surface area contributed by atoms with Crippen LogP contribution in [0.5, 0.6) is 0 Å². The maximum atomic E-state index is 13.1. The molecule has 4 rings (SSSR count). The van der Waals surface area contributed by atoms with Gasteiger partial charge in [0.15, 0.2) is 0 Å². The Morgan fingerprint density at radius 3 is 2.84 bits per heavy atom. The highest BCUT2D eigenvalue weighted by molar-refractivity contribution is 5.88. The van der Waals surface area contributed by atoms with Crippen molar-refractivity contribution in [3.05, 3.63) is 35.4 Å². The minimum Gasteiger partial charge on any atom is -0.478 e. The van der Waals surface area contributed by atoms with Crippen molar-refractivity contribution in [2.24, 2.45) is 5.73 Å². The SMILES string of the molecule is C[C@@H](c1cccc(C(=O)O)c1)N1C(=O)[C@H]2CC1CN2C[C@H](N)C(=O)N1CCC[C@H]1C#N. The number of likely N-dealkylation sites (tertiary alicyclic amines) is 3. The van der Waals surface area contributed by atoms with E-state index in [9.17, 15) is 24.8 Å². The van der Waals surface area contributed by atoms with Crippen molar-refractivity contribution < 1.29 is 19.5 Å². The summed E-state index contributed by atoms with van der Waals surface area (Å²) in [6.07, 6.45) is 2.16. The Morgan fingerprint density at radius 2 is 2.16 bits per heavy atom. The molecule has 2 amide bonds. The van der Waals surface area contributed by atoms with Gasteiger partial charge in [0.1, 0.15) is 6.04 Å². The molecule has 3 aliphatic heterocycles. The number of benzene rings is 1. The van der Waals surface area contributed by atoms with Gasteiger partial charge in [-0.3, -0.25) is 14.5 Å². The maximum absolute atomic E-state index is 13.1. The van der Waals surface area contributed by atoms with Gasteiger partial charge >= 0.3 is 5.97 Å². The van der Waals surface area contributed by atoms with Crippen LogP contribution in [0.15, 0.2) is 24.3 Å². The number of hydrogen-bond donors (Lipinski definition) is 2. The van der Waals surface area contributed by atoms with Crippen LogP contribution < -0.4 is 5.73 Å². The fourth-order valence-electron chi connectivity index (χ4n) is 5.20. The van der Waals surface area contributed by atoms with E-state index in [2.05, 4.69) is 6.07 Å². The molecule has 3 N–H and O–H groups in total. The molecule has 9 nitrogen and oxygen atoms in total. The third-order valence-electron chi connectivity index (χ3n) is 6.78. The molecule has 164 valence electrons. The normalized spacial score (nSPS) is 27.4. The second-order valence-corrected chi connectivity index (χ2v) is 8.64. The van der Waals surface area contributed by atoms with E-state index in [1.165, 1.54) is 6.07 Å². The predicted molar refractivity (Wildman–Crippen MR) is 111 cm³/mol. The number of carboxylic acid groups (broad SMARTS) is 1. The summed E-state index contributed by atoms with van der Waals surface area (Å²) in [5, 5.41) is 18.5. The first-order valence-electron chi connectivity index (χ1n) is 10.7. The molecule has 0 spiro atoms. The lowest BCUT2D eigenvalue weighted by Crippen LogP contribution is -2.56. The van der Waals surface area contributed by atoms with E-state index in [1.807, 2.05) is 22.8 Å². The van der Waals surface area contributed by atoms with E-state index in [0.29, 0.717) is 25.9 Å². The van der Waals surface area contributed by atoms with Crippen molar-refractivity contribution in [2.45, 2.75) is 56.4 Å². The number of rotatable bonds is 6. The zero-order chi connectivity index (χ0) is 22.3. The van der Waals surface area contributed by atoms with Crippen molar-refractivity contribution >= 4 is 17.8 Å². The molecular weight excluding hydrogens is 398 g/mol. The van der Waals surface area contributed by atoms with E-state index in [4.69, 9.17) is 5.73 Å². The molecule has 2 bridgehead atoms. The molecule has 9 heteroatoms. The summed E-state index contributed by atoms with van der Waals surface area (Å²) in [6.45, 7) is 3.38. The molecule has 0 aliphatic carbocycles. The first-order chi connectivity index (χ1) is 14.8. The summed E-state index contributed by atoms with van der Waals surface area (Å²) in [4.78, 5) is 42.5. The monoisotopic (exact) mass is 425 g/mol. The Labute approximate surface area is 181 Å². The van der Waals surface area contributed by atoms with Crippen LogP contribution in [0.2, 0.25) is 0 Å². The second-order valence-electron chi connectivity index (χ2n) is 8.64. The number of piperazine rings is 1. The zero-order valence-corrected chi connectivity index (χ0v) is 17.5. The molecule has 0 radical (unpaired) electrons. The van der Waals surface area contributed by atoms with Gasteiger partial charge in [-0.05, 0) is 43.9 Å². The lowest BCUT2D eigenvalue weighted by atomic mass is 10.0. The molecule has 1 aromatic carbocycles. The van der Waals surface area contributed by atoms with Gasteiger partial charge in [0.05, 0.1) is 29.8 Å². The van der Waals surface area contributed by atoms with Crippen LogP contribution in [0.3, 0.4) is 0 Å². The summed E-state index contributed by atoms with van der Waals surface area (Å²) in [5.74, 6) is -1.24. The van der Waals surface area contributed by atoms with Gasteiger partial charge in [0.25, 0.3) is 0 Å². The molecule has 1 aromatic rings. The van der Waals surface area contributed by atoms with Gasteiger partial charge in [-0.15, -0.1) is 0 Å². The summed E-state index contributed by atoms with van der Waals surface area (Å²) in [6, 6.07) is 7.11.